The highest BCUT2D eigenvalue weighted by Gasteiger charge is 2.36. The highest BCUT2D eigenvalue weighted by molar-refractivity contribution is 7.92. The predicted molar refractivity (Wildman–Crippen MR) is 182 cm³/mol. The zero-order valence-corrected chi connectivity index (χ0v) is 28.3. The molecule has 0 spiro atoms. The summed E-state index contributed by atoms with van der Waals surface area (Å²) in [6, 6.07) is 25.4. The summed E-state index contributed by atoms with van der Waals surface area (Å²) in [7, 11) is -2.90. The van der Waals surface area contributed by atoms with E-state index in [-0.39, 0.29) is 40.9 Å². The minimum atomic E-state index is -4.33. The third-order valence-electron chi connectivity index (χ3n) is 8.06. The van der Waals surface area contributed by atoms with Crippen molar-refractivity contribution in [1.82, 2.24) is 10.2 Å². The van der Waals surface area contributed by atoms with Crippen LogP contribution in [0.25, 0.3) is 0 Å². The zero-order chi connectivity index (χ0) is 34.1. The SMILES string of the molecule is CC[C@@H](C)NC(=O)[C@@H](Cc1ccccc1)N(Cc1ccccc1F)C(=O)CN(c1cc(C)ccc1OC)S(=O)(=O)c1ccc(C)cc1. The maximum absolute atomic E-state index is 15.1. The number of sulfonamides is 1. The first-order valence-corrected chi connectivity index (χ1v) is 17.0. The van der Waals surface area contributed by atoms with Crippen LogP contribution in [0.15, 0.2) is 102 Å². The molecule has 0 saturated carbocycles. The molecule has 248 valence electrons. The average molecular weight is 660 g/mol. The second-order valence-electron chi connectivity index (χ2n) is 11.6. The summed E-state index contributed by atoms with van der Waals surface area (Å²) in [6.07, 6.45) is 0.780. The van der Waals surface area contributed by atoms with Gasteiger partial charge in [0, 0.05) is 24.6 Å². The van der Waals surface area contributed by atoms with Crippen LogP contribution in [-0.2, 0) is 32.6 Å². The number of anilines is 1. The Kier molecular flexibility index (Phi) is 11.8. The molecule has 0 aromatic heterocycles. The van der Waals surface area contributed by atoms with E-state index in [9.17, 15) is 18.0 Å². The molecule has 0 radical (unpaired) electrons. The number of carbonyl (C=O) groups is 2. The highest BCUT2D eigenvalue weighted by atomic mass is 32.2. The first-order valence-electron chi connectivity index (χ1n) is 15.6. The Hall–Kier alpha value is -4.70. The molecule has 1 N–H and O–H groups in total. The number of hydrogen-bond acceptors (Lipinski definition) is 5. The van der Waals surface area contributed by atoms with Crippen molar-refractivity contribution in [2.24, 2.45) is 0 Å². The minimum Gasteiger partial charge on any atom is -0.495 e. The maximum atomic E-state index is 15.1. The molecule has 0 saturated heterocycles. The number of nitrogens with zero attached hydrogens (tertiary/aromatic N) is 2. The van der Waals surface area contributed by atoms with Crippen LogP contribution in [0.3, 0.4) is 0 Å². The molecule has 0 aliphatic rings. The van der Waals surface area contributed by atoms with Gasteiger partial charge in [0.15, 0.2) is 0 Å². The fourth-order valence-electron chi connectivity index (χ4n) is 5.15. The van der Waals surface area contributed by atoms with Gasteiger partial charge in [-0.05, 0) is 68.7 Å². The van der Waals surface area contributed by atoms with Crippen molar-refractivity contribution in [3.63, 3.8) is 0 Å². The van der Waals surface area contributed by atoms with Gasteiger partial charge in [-0.3, -0.25) is 13.9 Å². The molecule has 0 unspecified atom stereocenters. The van der Waals surface area contributed by atoms with E-state index in [1.165, 1.54) is 30.2 Å². The number of carbonyl (C=O) groups excluding carboxylic acids is 2. The summed E-state index contributed by atoms with van der Waals surface area (Å²) in [5.41, 5.74) is 2.75. The van der Waals surface area contributed by atoms with Crippen molar-refractivity contribution in [3.05, 3.63) is 125 Å². The molecule has 2 atom stereocenters. The van der Waals surface area contributed by atoms with E-state index in [0.717, 1.165) is 21.0 Å². The van der Waals surface area contributed by atoms with E-state index in [2.05, 4.69) is 5.32 Å². The van der Waals surface area contributed by atoms with Crippen molar-refractivity contribution in [2.75, 3.05) is 18.0 Å². The number of ether oxygens (including phenoxy) is 1. The fraction of sp³-hybridized carbons (Fsp3) is 0.297. The highest BCUT2D eigenvalue weighted by Crippen LogP contribution is 2.34. The number of halogens is 1. The first-order chi connectivity index (χ1) is 22.4. The van der Waals surface area contributed by atoms with E-state index < -0.39 is 40.2 Å². The Morgan fingerprint density at radius 3 is 2.17 bits per heavy atom. The molecule has 0 aliphatic carbocycles. The third-order valence-corrected chi connectivity index (χ3v) is 9.84. The molecule has 0 fully saturated rings. The number of aryl methyl sites for hydroxylation is 2. The summed E-state index contributed by atoms with van der Waals surface area (Å²) < 4.78 is 50.4. The Morgan fingerprint density at radius 2 is 1.53 bits per heavy atom. The summed E-state index contributed by atoms with van der Waals surface area (Å²) in [4.78, 5) is 29.8. The largest absolute Gasteiger partial charge is 0.495 e. The molecule has 10 heteroatoms. The quantitative estimate of drug-likeness (QED) is 0.174. The summed E-state index contributed by atoms with van der Waals surface area (Å²) in [6.45, 7) is 6.51. The van der Waals surface area contributed by atoms with Gasteiger partial charge in [-0.2, -0.15) is 0 Å². The van der Waals surface area contributed by atoms with Gasteiger partial charge in [-0.1, -0.05) is 79.2 Å². The Labute approximate surface area is 277 Å². The van der Waals surface area contributed by atoms with E-state index in [1.54, 1.807) is 55.5 Å². The fourth-order valence-corrected chi connectivity index (χ4v) is 6.57. The number of nitrogens with one attached hydrogen (secondary N) is 1. The van der Waals surface area contributed by atoms with Gasteiger partial charge < -0.3 is 15.0 Å². The summed E-state index contributed by atoms with van der Waals surface area (Å²) >= 11 is 0. The lowest BCUT2D eigenvalue weighted by Gasteiger charge is -2.34. The van der Waals surface area contributed by atoms with Crippen LogP contribution in [0.2, 0.25) is 0 Å². The number of hydrogen-bond donors (Lipinski definition) is 1. The van der Waals surface area contributed by atoms with Crippen LogP contribution in [0.5, 0.6) is 5.75 Å². The molecule has 0 heterocycles. The maximum Gasteiger partial charge on any atom is 0.264 e. The van der Waals surface area contributed by atoms with Crippen molar-refractivity contribution in [2.45, 2.75) is 64.1 Å². The predicted octanol–water partition coefficient (Wildman–Crippen LogP) is 6.20. The Balaban J connectivity index is 1.87. The van der Waals surface area contributed by atoms with Crippen LogP contribution in [0.1, 0.15) is 42.5 Å². The van der Waals surface area contributed by atoms with Crippen molar-refractivity contribution < 1.29 is 27.1 Å². The van der Waals surface area contributed by atoms with Crippen LogP contribution in [0.4, 0.5) is 10.1 Å². The van der Waals surface area contributed by atoms with Crippen LogP contribution < -0.4 is 14.4 Å². The van der Waals surface area contributed by atoms with Gasteiger partial charge in [0.1, 0.15) is 24.2 Å². The van der Waals surface area contributed by atoms with Crippen molar-refractivity contribution in [3.8, 4) is 5.75 Å². The van der Waals surface area contributed by atoms with Crippen molar-refractivity contribution >= 4 is 27.5 Å². The Morgan fingerprint density at radius 1 is 0.894 bits per heavy atom. The minimum absolute atomic E-state index is 0.0181. The number of rotatable bonds is 14. The average Bonchev–Trinajstić information content (AvgIpc) is 3.06. The molecule has 2 amide bonds. The lowest BCUT2D eigenvalue weighted by atomic mass is 10.0. The van der Waals surface area contributed by atoms with Crippen LogP contribution >= 0.6 is 0 Å². The van der Waals surface area contributed by atoms with Gasteiger partial charge >= 0.3 is 0 Å². The van der Waals surface area contributed by atoms with Crippen molar-refractivity contribution in [1.29, 1.82) is 0 Å². The molecule has 0 bridgehead atoms. The summed E-state index contributed by atoms with van der Waals surface area (Å²) in [5, 5.41) is 2.98. The van der Waals surface area contributed by atoms with Gasteiger partial charge in [-0.25, -0.2) is 12.8 Å². The molecule has 4 aromatic rings. The monoisotopic (exact) mass is 659 g/mol. The Bertz CT molecular complexity index is 1780. The van der Waals surface area contributed by atoms with E-state index in [1.807, 2.05) is 51.1 Å². The van der Waals surface area contributed by atoms with E-state index in [4.69, 9.17) is 4.74 Å². The van der Waals surface area contributed by atoms with Gasteiger partial charge in [0.2, 0.25) is 11.8 Å². The van der Waals surface area contributed by atoms with Gasteiger partial charge in [0.05, 0.1) is 17.7 Å². The second-order valence-corrected chi connectivity index (χ2v) is 13.5. The lowest BCUT2D eigenvalue weighted by molar-refractivity contribution is -0.140. The number of methoxy groups -OCH3 is 1. The molecular weight excluding hydrogens is 617 g/mol. The zero-order valence-electron chi connectivity index (χ0n) is 27.4. The van der Waals surface area contributed by atoms with Crippen LogP contribution in [-0.4, -0.2) is 50.9 Å². The van der Waals surface area contributed by atoms with Crippen LogP contribution in [0, 0.1) is 19.7 Å². The molecular formula is C37H42FN3O5S. The molecule has 47 heavy (non-hydrogen) atoms. The first kappa shape index (κ1) is 35.2. The summed E-state index contributed by atoms with van der Waals surface area (Å²) in [5.74, 6) is -1.41. The molecule has 4 rings (SSSR count). The smallest absolute Gasteiger partial charge is 0.264 e. The molecule has 4 aromatic carbocycles. The third kappa shape index (κ3) is 8.77. The lowest BCUT2D eigenvalue weighted by Crippen LogP contribution is -2.54. The molecule has 8 nitrogen and oxygen atoms in total. The number of benzene rings is 4. The standard InChI is InChI=1S/C37H42FN3O5S/c1-6-28(4)39-37(43)34(23-29-12-8-7-9-13-29)40(24-30-14-10-11-15-32(30)38)36(42)25-41(33-22-27(3)18-21-35(33)46-5)47(44,45)31-19-16-26(2)17-20-31/h7-22,28,34H,6,23-25H2,1-5H3,(H,39,43)/t28-,34-/m1/s1. The van der Waals surface area contributed by atoms with Gasteiger partial charge in [-0.15, -0.1) is 0 Å². The van der Waals surface area contributed by atoms with E-state index >= 15 is 4.39 Å². The topological polar surface area (TPSA) is 96.0 Å². The number of amides is 2. The second kappa shape index (κ2) is 15.7. The van der Waals surface area contributed by atoms with Gasteiger partial charge in [0.25, 0.3) is 10.0 Å². The normalized spacial score (nSPS) is 12.6. The molecule has 0 aliphatic heterocycles. The van der Waals surface area contributed by atoms with E-state index in [0.29, 0.717) is 6.42 Å².